The van der Waals surface area contributed by atoms with Gasteiger partial charge in [0.1, 0.15) is 0 Å². The van der Waals surface area contributed by atoms with E-state index in [-0.39, 0.29) is 16.0 Å². The van der Waals surface area contributed by atoms with Gasteiger partial charge in [0.05, 0.1) is 0 Å². The Labute approximate surface area is 118 Å². The molecule has 0 bridgehead atoms. The standard InChI is InChI=1S/C15H35NP2/c1-7-11-17(10-4)15(6)13-16-18(12-8-2)14(5)9-3/h14-16H,7-13H2,1-6H3. The Hall–Kier alpha value is 0.820. The van der Waals surface area contributed by atoms with Gasteiger partial charge in [0, 0.05) is 6.54 Å². The average molecular weight is 291 g/mol. The monoisotopic (exact) mass is 291 g/mol. The van der Waals surface area contributed by atoms with Crippen LogP contribution in [0.3, 0.4) is 0 Å². The normalized spacial score (nSPS) is 18.3. The van der Waals surface area contributed by atoms with E-state index in [1.165, 1.54) is 44.3 Å². The highest BCUT2D eigenvalue weighted by Gasteiger charge is 2.18. The molecule has 0 fully saturated rings. The van der Waals surface area contributed by atoms with Gasteiger partial charge in [-0.1, -0.05) is 54.4 Å². The van der Waals surface area contributed by atoms with Crippen LogP contribution in [0.5, 0.6) is 0 Å². The summed E-state index contributed by atoms with van der Waals surface area (Å²) < 4.78 is 0. The molecule has 0 aliphatic carbocycles. The van der Waals surface area contributed by atoms with Crippen LogP contribution < -0.4 is 5.09 Å². The van der Waals surface area contributed by atoms with Gasteiger partial charge in [-0.25, -0.2) is 0 Å². The Kier molecular flexibility index (Phi) is 12.2. The van der Waals surface area contributed by atoms with Gasteiger partial charge in [-0.15, -0.1) is 7.92 Å². The van der Waals surface area contributed by atoms with Gasteiger partial charge < -0.3 is 0 Å². The fraction of sp³-hybridized carbons (Fsp3) is 1.00. The molecule has 18 heavy (non-hydrogen) atoms. The van der Waals surface area contributed by atoms with Crippen LogP contribution in [0.15, 0.2) is 0 Å². The lowest BCUT2D eigenvalue weighted by atomic mass is 10.4. The number of hydrogen-bond donors (Lipinski definition) is 1. The lowest BCUT2D eigenvalue weighted by Gasteiger charge is -2.29. The first-order valence-corrected chi connectivity index (χ1v) is 11.2. The van der Waals surface area contributed by atoms with Crippen LogP contribution >= 0.6 is 16.0 Å². The maximum absolute atomic E-state index is 3.93. The zero-order chi connectivity index (χ0) is 14.0. The van der Waals surface area contributed by atoms with Crippen molar-refractivity contribution in [2.75, 3.05) is 25.0 Å². The number of rotatable bonds is 11. The quantitative estimate of drug-likeness (QED) is 0.497. The van der Waals surface area contributed by atoms with Crippen molar-refractivity contribution in [2.24, 2.45) is 0 Å². The lowest BCUT2D eigenvalue weighted by Crippen LogP contribution is -2.25. The molecule has 0 spiro atoms. The fourth-order valence-corrected chi connectivity index (χ4v) is 7.06. The molecule has 0 aromatic rings. The maximum Gasteiger partial charge on any atom is 0.00553 e. The number of hydrogen-bond acceptors (Lipinski definition) is 1. The topological polar surface area (TPSA) is 12.0 Å². The Morgan fingerprint density at radius 1 is 0.889 bits per heavy atom. The lowest BCUT2D eigenvalue weighted by molar-refractivity contribution is 0.818. The Bertz CT molecular complexity index is 187. The van der Waals surface area contributed by atoms with Crippen molar-refractivity contribution in [3.8, 4) is 0 Å². The van der Waals surface area contributed by atoms with Crippen LogP contribution in [0.1, 0.15) is 60.8 Å². The molecule has 4 atom stereocenters. The predicted octanol–water partition coefficient (Wildman–Crippen LogP) is 5.48. The summed E-state index contributed by atoms with van der Waals surface area (Å²) in [6.07, 6.45) is 8.28. The maximum atomic E-state index is 3.93. The molecule has 0 aliphatic rings. The molecule has 0 heterocycles. The summed E-state index contributed by atoms with van der Waals surface area (Å²) >= 11 is 0. The van der Waals surface area contributed by atoms with Crippen molar-refractivity contribution in [1.82, 2.24) is 5.09 Å². The molecule has 110 valence electrons. The largest absolute Gasteiger partial charge is 0.295 e. The van der Waals surface area contributed by atoms with Crippen molar-refractivity contribution in [2.45, 2.75) is 72.1 Å². The second-order valence-corrected chi connectivity index (χ2v) is 11.0. The molecular formula is C15H35NP2. The summed E-state index contributed by atoms with van der Waals surface area (Å²) in [6.45, 7) is 15.5. The van der Waals surface area contributed by atoms with Crippen LogP contribution in [0, 0.1) is 0 Å². The van der Waals surface area contributed by atoms with E-state index in [9.17, 15) is 0 Å². The van der Waals surface area contributed by atoms with Crippen molar-refractivity contribution in [3.05, 3.63) is 0 Å². The van der Waals surface area contributed by atoms with E-state index in [4.69, 9.17) is 0 Å². The van der Waals surface area contributed by atoms with Gasteiger partial charge in [-0.3, -0.25) is 5.09 Å². The van der Waals surface area contributed by atoms with Crippen molar-refractivity contribution in [1.29, 1.82) is 0 Å². The first kappa shape index (κ1) is 18.8. The highest BCUT2D eigenvalue weighted by atomic mass is 31.1. The summed E-state index contributed by atoms with van der Waals surface area (Å²) in [4.78, 5) is 0. The molecule has 0 rings (SSSR count). The summed E-state index contributed by atoms with van der Waals surface area (Å²) in [5, 5.41) is 3.93. The molecule has 0 saturated carbocycles. The first-order valence-electron chi connectivity index (χ1n) is 7.84. The van der Waals surface area contributed by atoms with E-state index >= 15 is 0 Å². The molecule has 1 N–H and O–H groups in total. The second-order valence-electron chi connectivity index (χ2n) is 5.29. The summed E-state index contributed by atoms with van der Waals surface area (Å²) in [5.74, 6) is 0. The molecule has 0 aromatic carbocycles. The fourth-order valence-electron chi connectivity index (χ4n) is 2.27. The van der Waals surface area contributed by atoms with Gasteiger partial charge in [0.2, 0.25) is 0 Å². The Morgan fingerprint density at radius 2 is 1.50 bits per heavy atom. The molecular weight excluding hydrogens is 256 g/mol. The zero-order valence-corrected chi connectivity index (χ0v) is 15.3. The van der Waals surface area contributed by atoms with E-state index < -0.39 is 0 Å². The van der Waals surface area contributed by atoms with Gasteiger partial charge in [-0.2, -0.15) is 0 Å². The van der Waals surface area contributed by atoms with E-state index in [1.54, 1.807) is 0 Å². The van der Waals surface area contributed by atoms with Crippen LogP contribution in [0.25, 0.3) is 0 Å². The van der Waals surface area contributed by atoms with Gasteiger partial charge >= 0.3 is 0 Å². The average Bonchev–Trinajstić information content (AvgIpc) is 2.39. The minimum Gasteiger partial charge on any atom is -0.295 e. The van der Waals surface area contributed by atoms with E-state index in [1.807, 2.05) is 0 Å². The van der Waals surface area contributed by atoms with Crippen LogP contribution in [0.4, 0.5) is 0 Å². The van der Waals surface area contributed by atoms with Crippen molar-refractivity contribution in [3.63, 3.8) is 0 Å². The van der Waals surface area contributed by atoms with Crippen LogP contribution in [0.2, 0.25) is 0 Å². The summed E-state index contributed by atoms with van der Waals surface area (Å²) in [7, 11) is 0.331. The molecule has 0 aliphatic heterocycles. The number of nitrogens with one attached hydrogen (secondary N) is 1. The van der Waals surface area contributed by atoms with Gasteiger partial charge in [-0.05, 0) is 44.3 Å². The van der Waals surface area contributed by atoms with Gasteiger partial charge in [0.25, 0.3) is 0 Å². The minimum atomic E-state index is 0.0667. The molecule has 0 radical (unpaired) electrons. The molecule has 4 unspecified atom stereocenters. The summed E-state index contributed by atoms with van der Waals surface area (Å²) in [5.41, 5.74) is 1.78. The SMILES string of the molecule is CCCP(CC)C(C)CNP(CCC)C(C)CC. The highest BCUT2D eigenvalue weighted by Crippen LogP contribution is 2.43. The molecule has 3 heteroatoms. The summed E-state index contributed by atoms with van der Waals surface area (Å²) in [6, 6.07) is 0. The third kappa shape index (κ3) is 7.42. The Morgan fingerprint density at radius 3 is 1.94 bits per heavy atom. The van der Waals surface area contributed by atoms with Crippen molar-refractivity contribution < 1.29 is 0 Å². The third-order valence-corrected chi connectivity index (χ3v) is 9.93. The molecule has 0 aromatic heterocycles. The predicted molar refractivity (Wildman–Crippen MR) is 91.9 cm³/mol. The molecule has 1 nitrogen and oxygen atoms in total. The Balaban J connectivity index is 4.15. The minimum absolute atomic E-state index is 0.0667. The third-order valence-electron chi connectivity index (χ3n) is 3.72. The van der Waals surface area contributed by atoms with Gasteiger partial charge in [0.15, 0.2) is 0 Å². The van der Waals surface area contributed by atoms with E-state index in [0.29, 0.717) is 0 Å². The highest BCUT2D eigenvalue weighted by molar-refractivity contribution is 7.58. The van der Waals surface area contributed by atoms with Crippen LogP contribution in [-0.4, -0.2) is 36.3 Å². The van der Waals surface area contributed by atoms with E-state index in [0.717, 1.165) is 11.3 Å². The second kappa shape index (κ2) is 11.6. The molecule has 0 saturated heterocycles. The first-order chi connectivity index (χ1) is 8.60. The van der Waals surface area contributed by atoms with Crippen LogP contribution in [-0.2, 0) is 0 Å². The van der Waals surface area contributed by atoms with E-state index in [2.05, 4.69) is 46.6 Å². The zero-order valence-electron chi connectivity index (χ0n) is 13.5. The molecule has 0 amide bonds. The smallest absolute Gasteiger partial charge is 0.00553 e. The van der Waals surface area contributed by atoms with Crippen molar-refractivity contribution >= 4 is 16.0 Å².